The van der Waals surface area contributed by atoms with Crippen LogP contribution in [0.25, 0.3) is 0 Å². The monoisotopic (exact) mass is 236 g/mol. The van der Waals surface area contributed by atoms with Crippen molar-refractivity contribution in [3.8, 4) is 0 Å². The molecule has 0 saturated carbocycles. The number of aryl methyl sites for hydroxylation is 1. The maximum atomic E-state index is 11.8. The molecule has 0 aliphatic carbocycles. The molecule has 0 spiro atoms. The Morgan fingerprint density at radius 3 is 2.88 bits per heavy atom. The molecule has 17 heavy (non-hydrogen) atoms. The second-order valence-electron chi connectivity index (χ2n) is 4.64. The number of carbonyl (C=O) groups is 1. The summed E-state index contributed by atoms with van der Waals surface area (Å²) in [6.07, 6.45) is 3.02. The number of rotatable bonds is 4. The third kappa shape index (κ3) is 2.41. The molecule has 1 aromatic heterocycles. The largest absolute Gasteiger partial charge is 0.376 e. The second kappa shape index (κ2) is 5.00. The average molecular weight is 236 g/mol. The fraction of sp³-hybridized carbons (Fsp3) is 0.692. The van der Waals surface area contributed by atoms with Gasteiger partial charge in [-0.3, -0.25) is 9.48 Å². The van der Waals surface area contributed by atoms with Gasteiger partial charge in [0.2, 0.25) is 0 Å². The molecule has 2 rings (SSSR count). The third-order valence-corrected chi connectivity index (χ3v) is 3.38. The van der Waals surface area contributed by atoms with E-state index in [2.05, 4.69) is 5.10 Å². The number of hydrogen-bond acceptors (Lipinski definition) is 3. The van der Waals surface area contributed by atoms with Gasteiger partial charge < -0.3 is 4.74 Å². The molecule has 2 heterocycles. The van der Waals surface area contributed by atoms with E-state index in [9.17, 15) is 4.79 Å². The van der Waals surface area contributed by atoms with Crippen LogP contribution in [0.4, 0.5) is 0 Å². The van der Waals surface area contributed by atoms with Gasteiger partial charge in [-0.1, -0.05) is 6.92 Å². The van der Waals surface area contributed by atoms with Crippen molar-refractivity contribution in [2.45, 2.75) is 52.7 Å². The van der Waals surface area contributed by atoms with E-state index in [0.29, 0.717) is 6.42 Å². The first-order valence-electron chi connectivity index (χ1n) is 6.32. The van der Waals surface area contributed by atoms with Crippen LogP contribution >= 0.6 is 0 Å². The van der Waals surface area contributed by atoms with Crippen LogP contribution in [0.5, 0.6) is 0 Å². The predicted octanol–water partition coefficient (Wildman–Crippen LogP) is 2.27. The normalized spacial score (nSPS) is 19.8. The van der Waals surface area contributed by atoms with Gasteiger partial charge in [0.1, 0.15) is 0 Å². The van der Waals surface area contributed by atoms with E-state index in [-0.39, 0.29) is 11.9 Å². The van der Waals surface area contributed by atoms with Crippen LogP contribution in [0.15, 0.2) is 0 Å². The highest BCUT2D eigenvalue weighted by molar-refractivity contribution is 5.97. The van der Waals surface area contributed by atoms with Crippen LogP contribution in [0.2, 0.25) is 0 Å². The average Bonchev–Trinajstić information content (AvgIpc) is 2.89. The van der Waals surface area contributed by atoms with Gasteiger partial charge in [0.25, 0.3) is 0 Å². The molecule has 4 heteroatoms. The van der Waals surface area contributed by atoms with Crippen molar-refractivity contribution < 1.29 is 9.53 Å². The molecule has 1 unspecified atom stereocenters. The van der Waals surface area contributed by atoms with Crippen LogP contribution in [-0.2, 0) is 11.3 Å². The topological polar surface area (TPSA) is 44.1 Å². The summed E-state index contributed by atoms with van der Waals surface area (Å²) in [6, 6.07) is 0. The van der Waals surface area contributed by atoms with Gasteiger partial charge in [0.05, 0.1) is 23.9 Å². The molecule has 0 amide bonds. The van der Waals surface area contributed by atoms with Crippen LogP contribution in [0, 0.1) is 13.8 Å². The molecule has 0 radical (unpaired) electrons. The first-order valence-corrected chi connectivity index (χ1v) is 6.32. The zero-order chi connectivity index (χ0) is 12.4. The number of aromatic nitrogens is 2. The first-order chi connectivity index (χ1) is 8.13. The number of ketones is 1. The lowest BCUT2D eigenvalue weighted by Crippen LogP contribution is -2.17. The number of Topliss-reactive ketones (excluding diaryl/α,β-unsaturated/α-hetero) is 1. The molecule has 1 aromatic rings. The molecular formula is C13H20N2O2. The Morgan fingerprint density at radius 2 is 2.29 bits per heavy atom. The van der Waals surface area contributed by atoms with E-state index in [1.165, 1.54) is 0 Å². The Kier molecular flexibility index (Phi) is 3.62. The van der Waals surface area contributed by atoms with Gasteiger partial charge in [-0.2, -0.15) is 5.10 Å². The number of ether oxygens (including phenoxy) is 1. The molecule has 1 aliphatic heterocycles. The maximum absolute atomic E-state index is 11.8. The minimum Gasteiger partial charge on any atom is -0.376 e. The van der Waals surface area contributed by atoms with E-state index in [4.69, 9.17) is 4.74 Å². The van der Waals surface area contributed by atoms with Gasteiger partial charge >= 0.3 is 0 Å². The molecule has 94 valence electrons. The van der Waals surface area contributed by atoms with Crippen molar-refractivity contribution in [3.05, 3.63) is 17.0 Å². The van der Waals surface area contributed by atoms with Crippen LogP contribution in [0.3, 0.4) is 0 Å². The van der Waals surface area contributed by atoms with Gasteiger partial charge in [-0.15, -0.1) is 0 Å². The molecule has 1 saturated heterocycles. The number of hydrogen-bond donors (Lipinski definition) is 0. The summed E-state index contributed by atoms with van der Waals surface area (Å²) < 4.78 is 7.53. The Balaban J connectivity index is 2.20. The highest BCUT2D eigenvalue weighted by Gasteiger charge is 2.21. The second-order valence-corrected chi connectivity index (χ2v) is 4.64. The van der Waals surface area contributed by atoms with Gasteiger partial charge in [-0.25, -0.2) is 0 Å². The maximum Gasteiger partial charge on any atom is 0.166 e. The Bertz CT molecular complexity index is 417. The van der Waals surface area contributed by atoms with E-state index < -0.39 is 0 Å². The van der Waals surface area contributed by atoms with Crippen molar-refractivity contribution in [1.82, 2.24) is 9.78 Å². The van der Waals surface area contributed by atoms with Crippen molar-refractivity contribution in [3.63, 3.8) is 0 Å². The first kappa shape index (κ1) is 12.3. The SMILES string of the molecule is CCC(=O)c1c(C)nn(CC2CCCO2)c1C. The van der Waals surface area contributed by atoms with E-state index in [1.54, 1.807) is 0 Å². The van der Waals surface area contributed by atoms with Gasteiger partial charge in [0.15, 0.2) is 5.78 Å². The lowest BCUT2D eigenvalue weighted by Gasteiger charge is -2.10. The van der Waals surface area contributed by atoms with Crippen molar-refractivity contribution >= 4 is 5.78 Å². The van der Waals surface area contributed by atoms with Crippen LogP contribution < -0.4 is 0 Å². The molecule has 0 aromatic carbocycles. The Morgan fingerprint density at radius 1 is 1.53 bits per heavy atom. The van der Waals surface area contributed by atoms with E-state index >= 15 is 0 Å². The summed E-state index contributed by atoms with van der Waals surface area (Å²) in [5, 5.41) is 4.46. The molecule has 1 atom stereocenters. The quantitative estimate of drug-likeness (QED) is 0.753. The molecular weight excluding hydrogens is 216 g/mol. The zero-order valence-electron chi connectivity index (χ0n) is 10.8. The van der Waals surface area contributed by atoms with E-state index in [1.807, 2.05) is 25.5 Å². The minimum atomic E-state index is 0.179. The standard InChI is InChI=1S/C13H20N2O2/c1-4-12(16)13-9(2)14-15(10(13)3)8-11-6-5-7-17-11/h11H,4-8H2,1-3H3. The fourth-order valence-corrected chi connectivity index (χ4v) is 2.44. The van der Waals surface area contributed by atoms with Gasteiger partial charge in [0, 0.05) is 18.7 Å². The van der Waals surface area contributed by atoms with Crippen LogP contribution in [-0.4, -0.2) is 28.3 Å². The Hall–Kier alpha value is -1.16. The summed E-state index contributed by atoms with van der Waals surface area (Å²) in [7, 11) is 0. The molecule has 0 N–H and O–H groups in total. The minimum absolute atomic E-state index is 0.179. The molecule has 4 nitrogen and oxygen atoms in total. The summed E-state index contributed by atoms with van der Waals surface area (Å²) >= 11 is 0. The van der Waals surface area contributed by atoms with Crippen molar-refractivity contribution in [2.75, 3.05) is 6.61 Å². The van der Waals surface area contributed by atoms with Crippen LogP contribution in [0.1, 0.15) is 47.9 Å². The predicted molar refractivity (Wildman–Crippen MR) is 65.3 cm³/mol. The number of carbonyl (C=O) groups excluding carboxylic acids is 1. The fourth-order valence-electron chi connectivity index (χ4n) is 2.44. The Labute approximate surface area is 102 Å². The summed E-state index contributed by atoms with van der Waals surface area (Å²) in [5.74, 6) is 0.179. The van der Waals surface area contributed by atoms with Crippen molar-refractivity contribution in [1.29, 1.82) is 0 Å². The molecule has 1 fully saturated rings. The summed E-state index contributed by atoms with van der Waals surface area (Å²) in [6.45, 7) is 7.38. The van der Waals surface area contributed by atoms with E-state index in [0.717, 1.165) is 42.9 Å². The lowest BCUT2D eigenvalue weighted by atomic mass is 10.1. The van der Waals surface area contributed by atoms with Gasteiger partial charge in [-0.05, 0) is 26.7 Å². The lowest BCUT2D eigenvalue weighted by molar-refractivity contribution is 0.0929. The third-order valence-electron chi connectivity index (χ3n) is 3.38. The molecule has 0 bridgehead atoms. The number of nitrogens with zero attached hydrogens (tertiary/aromatic N) is 2. The zero-order valence-corrected chi connectivity index (χ0v) is 10.8. The smallest absolute Gasteiger partial charge is 0.166 e. The van der Waals surface area contributed by atoms with Crippen molar-refractivity contribution in [2.24, 2.45) is 0 Å². The summed E-state index contributed by atoms with van der Waals surface area (Å²) in [5.41, 5.74) is 2.61. The molecule has 1 aliphatic rings. The summed E-state index contributed by atoms with van der Waals surface area (Å²) in [4.78, 5) is 11.8. The highest BCUT2D eigenvalue weighted by atomic mass is 16.5. The highest BCUT2D eigenvalue weighted by Crippen LogP contribution is 2.19.